The quantitative estimate of drug-likeness (QED) is 0.784. The standard InChI is InChI=1S/C16H15ClFN3O3/c1-24-5-4-20-15(22)10-6-11(9-19-8-10)16(23)21-12-2-3-14(18)13(17)7-12/h2-3,6-9H,4-5H2,1H3,(H,20,22)(H,21,23). The normalized spacial score (nSPS) is 10.3. The van der Waals surface area contributed by atoms with Gasteiger partial charge in [-0.3, -0.25) is 14.6 Å². The number of carbonyl (C=O) groups is 2. The van der Waals surface area contributed by atoms with Crippen LogP contribution in [0.4, 0.5) is 10.1 Å². The van der Waals surface area contributed by atoms with E-state index in [2.05, 4.69) is 15.6 Å². The van der Waals surface area contributed by atoms with E-state index in [1.54, 1.807) is 0 Å². The second kappa shape index (κ2) is 8.37. The van der Waals surface area contributed by atoms with Gasteiger partial charge in [-0.15, -0.1) is 0 Å². The molecule has 0 atom stereocenters. The number of aromatic nitrogens is 1. The van der Waals surface area contributed by atoms with Gasteiger partial charge >= 0.3 is 0 Å². The van der Waals surface area contributed by atoms with E-state index < -0.39 is 11.7 Å². The van der Waals surface area contributed by atoms with Crippen molar-refractivity contribution >= 4 is 29.1 Å². The number of halogens is 2. The van der Waals surface area contributed by atoms with E-state index in [0.29, 0.717) is 18.8 Å². The molecule has 0 saturated heterocycles. The summed E-state index contributed by atoms with van der Waals surface area (Å²) in [7, 11) is 1.53. The van der Waals surface area contributed by atoms with Crippen LogP contribution in [0.2, 0.25) is 5.02 Å². The van der Waals surface area contributed by atoms with Crippen molar-refractivity contribution in [1.29, 1.82) is 0 Å². The average molecular weight is 352 g/mol. The van der Waals surface area contributed by atoms with Gasteiger partial charge in [0.25, 0.3) is 11.8 Å². The molecular weight excluding hydrogens is 337 g/mol. The number of methoxy groups -OCH3 is 1. The Morgan fingerprint density at radius 3 is 2.58 bits per heavy atom. The summed E-state index contributed by atoms with van der Waals surface area (Å²) in [5.74, 6) is -1.43. The zero-order valence-electron chi connectivity index (χ0n) is 12.8. The summed E-state index contributed by atoms with van der Waals surface area (Å²) in [6, 6.07) is 5.24. The van der Waals surface area contributed by atoms with Crippen molar-refractivity contribution in [3.8, 4) is 0 Å². The Labute approximate surface area is 143 Å². The van der Waals surface area contributed by atoms with Gasteiger partial charge < -0.3 is 15.4 Å². The third kappa shape index (κ3) is 4.74. The molecule has 0 fully saturated rings. The highest BCUT2D eigenvalue weighted by Crippen LogP contribution is 2.20. The first-order chi connectivity index (χ1) is 11.5. The van der Waals surface area contributed by atoms with Gasteiger partial charge in [0.15, 0.2) is 0 Å². The van der Waals surface area contributed by atoms with E-state index in [4.69, 9.17) is 16.3 Å². The molecule has 0 saturated carbocycles. The molecule has 2 amide bonds. The molecule has 0 aliphatic heterocycles. The molecule has 8 heteroatoms. The van der Waals surface area contributed by atoms with Crippen molar-refractivity contribution in [2.45, 2.75) is 0 Å². The molecular formula is C16H15ClFN3O3. The first kappa shape index (κ1) is 17.8. The maximum absolute atomic E-state index is 13.1. The predicted octanol–water partition coefficient (Wildman–Crippen LogP) is 2.50. The lowest BCUT2D eigenvalue weighted by Crippen LogP contribution is -2.27. The second-order valence-electron chi connectivity index (χ2n) is 4.79. The number of amides is 2. The molecule has 1 heterocycles. The highest BCUT2D eigenvalue weighted by molar-refractivity contribution is 6.31. The van der Waals surface area contributed by atoms with Crippen LogP contribution < -0.4 is 10.6 Å². The van der Waals surface area contributed by atoms with Gasteiger partial charge in [-0.25, -0.2) is 4.39 Å². The number of benzene rings is 1. The lowest BCUT2D eigenvalue weighted by molar-refractivity contribution is 0.0936. The Balaban J connectivity index is 2.08. The Bertz CT molecular complexity index is 755. The molecule has 0 unspecified atom stereocenters. The molecule has 0 bridgehead atoms. The second-order valence-corrected chi connectivity index (χ2v) is 5.20. The van der Waals surface area contributed by atoms with Crippen LogP contribution in [0.25, 0.3) is 0 Å². The molecule has 1 aromatic heterocycles. The molecule has 0 aliphatic carbocycles. The Morgan fingerprint density at radius 1 is 1.21 bits per heavy atom. The first-order valence-electron chi connectivity index (χ1n) is 7.00. The highest BCUT2D eigenvalue weighted by Gasteiger charge is 2.12. The number of pyridine rings is 1. The van der Waals surface area contributed by atoms with Crippen LogP contribution in [0, 0.1) is 5.82 Å². The number of nitrogens with one attached hydrogen (secondary N) is 2. The minimum absolute atomic E-state index is 0.0998. The Hall–Kier alpha value is -2.51. The van der Waals surface area contributed by atoms with Crippen molar-refractivity contribution in [2.24, 2.45) is 0 Å². The van der Waals surface area contributed by atoms with E-state index in [9.17, 15) is 14.0 Å². The number of rotatable bonds is 6. The Morgan fingerprint density at radius 2 is 1.92 bits per heavy atom. The Kier molecular flexibility index (Phi) is 6.22. The molecule has 0 radical (unpaired) electrons. The van der Waals surface area contributed by atoms with E-state index in [0.717, 1.165) is 6.07 Å². The fourth-order valence-electron chi connectivity index (χ4n) is 1.83. The molecule has 0 aliphatic rings. The smallest absolute Gasteiger partial charge is 0.257 e. The number of carbonyl (C=O) groups excluding carboxylic acids is 2. The lowest BCUT2D eigenvalue weighted by Gasteiger charge is -2.08. The fourth-order valence-corrected chi connectivity index (χ4v) is 2.01. The summed E-state index contributed by atoms with van der Waals surface area (Å²) >= 11 is 5.67. The summed E-state index contributed by atoms with van der Waals surface area (Å²) in [6.45, 7) is 0.727. The zero-order chi connectivity index (χ0) is 17.5. The van der Waals surface area contributed by atoms with Crippen LogP contribution in [0.3, 0.4) is 0 Å². The highest BCUT2D eigenvalue weighted by atomic mass is 35.5. The maximum Gasteiger partial charge on any atom is 0.257 e. The van der Waals surface area contributed by atoms with Crippen molar-refractivity contribution in [1.82, 2.24) is 10.3 Å². The van der Waals surface area contributed by atoms with E-state index in [-0.39, 0.29) is 22.1 Å². The number of ether oxygens (including phenoxy) is 1. The molecule has 2 rings (SSSR count). The van der Waals surface area contributed by atoms with Gasteiger partial charge in [0.05, 0.1) is 22.8 Å². The van der Waals surface area contributed by atoms with Crippen molar-refractivity contribution in [2.75, 3.05) is 25.6 Å². The van der Waals surface area contributed by atoms with Crippen molar-refractivity contribution < 1.29 is 18.7 Å². The molecule has 126 valence electrons. The third-order valence-corrected chi connectivity index (χ3v) is 3.32. The number of hydrogen-bond acceptors (Lipinski definition) is 4. The van der Waals surface area contributed by atoms with Crippen LogP contribution in [0.5, 0.6) is 0 Å². The summed E-state index contributed by atoms with van der Waals surface area (Å²) in [4.78, 5) is 28.0. The predicted molar refractivity (Wildman–Crippen MR) is 87.8 cm³/mol. The van der Waals surface area contributed by atoms with Crippen LogP contribution in [0.1, 0.15) is 20.7 Å². The summed E-state index contributed by atoms with van der Waals surface area (Å²) in [5.41, 5.74) is 0.770. The van der Waals surface area contributed by atoms with Crippen molar-refractivity contribution in [3.63, 3.8) is 0 Å². The molecule has 2 aromatic rings. The van der Waals surface area contributed by atoms with Crippen LogP contribution in [0.15, 0.2) is 36.7 Å². The van der Waals surface area contributed by atoms with E-state index in [1.165, 1.54) is 37.7 Å². The summed E-state index contributed by atoms with van der Waals surface area (Å²) < 4.78 is 18.0. The molecule has 2 N–H and O–H groups in total. The van der Waals surface area contributed by atoms with E-state index >= 15 is 0 Å². The monoisotopic (exact) mass is 351 g/mol. The topological polar surface area (TPSA) is 80.3 Å². The first-order valence-corrected chi connectivity index (χ1v) is 7.37. The third-order valence-electron chi connectivity index (χ3n) is 3.03. The minimum Gasteiger partial charge on any atom is -0.383 e. The van der Waals surface area contributed by atoms with Gasteiger partial charge in [0, 0.05) is 31.7 Å². The van der Waals surface area contributed by atoms with E-state index in [1.807, 2.05) is 0 Å². The maximum atomic E-state index is 13.1. The van der Waals surface area contributed by atoms with Gasteiger partial charge in [-0.2, -0.15) is 0 Å². The number of hydrogen-bond donors (Lipinski definition) is 2. The summed E-state index contributed by atoms with van der Waals surface area (Å²) in [5, 5.41) is 5.10. The van der Waals surface area contributed by atoms with Gasteiger partial charge in [0.2, 0.25) is 0 Å². The van der Waals surface area contributed by atoms with Gasteiger partial charge in [-0.05, 0) is 24.3 Å². The molecule has 0 spiro atoms. The van der Waals surface area contributed by atoms with Crippen LogP contribution in [-0.2, 0) is 4.74 Å². The molecule has 1 aromatic carbocycles. The molecule has 24 heavy (non-hydrogen) atoms. The largest absolute Gasteiger partial charge is 0.383 e. The fraction of sp³-hybridized carbons (Fsp3) is 0.188. The minimum atomic E-state index is -0.578. The number of nitrogens with zero attached hydrogens (tertiary/aromatic N) is 1. The number of anilines is 1. The van der Waals surface area contributed by atoms with Gasteiger partial charge in [0.1, 0.15) is 5.82 Å². The van der Waals surface area contributed by atoms with Gasteiger partial charge in [-0.1, -0.05) is 11.6 Å². The van der Waals surface area contributed by atoms with Crippen LogP contribution >= 0.6 is 11.6 Å². The van der Waals surface area contributed by atoms with Crippen molar-refractivity contribution in [3.05, 3.63) is 58.6 Å². The lowest BCUT2D eigenvalue weighted by atomic mass is 10.2. The summed E-state index contributed by atoms with van der Waals surface area (Å²) in [6.07, 6.45) is 2.68. The zero-order valence-corrected chi connectivity index (χ0v) is 13.6. The average Bonchev–Trinajstić information content (AvgIpc) is 2.58. The van der Waals surface area contributed by atoms with Crippen LogP contribution in [-0.4, -0.2) is 37.1 Å². The SMILES string of the molecule is COCCNC(=O)c1cncc(C(=O)Nc2ccc(F)c(Cl)c2)c1. The molecule has 6 nitrogen and oxygen atoms in total.